The summed E-state index contributed by atoms with van der Waals surface area (Å²) < 4.78 is 43.4. The van der Waals surface area contributed by atoms with E-state index in [-0.39, 0.29) is 29.5 Å². The molecule has 1 aliphatic rings. The minimum Gasteiger partial charge on any atom is -0.383 e. The average Bonchev–Trinajstić information content (AvgIpc) is 3.29. The Kier molecular flexibility index (Phi) is 5.38. The molecule has 2 aromatic heterocycles. The first kappa shape index (κ1) is 22.7. The summed E-state index contributed by atoms with van der Waals surface area (Å²) in [6.07, 6.45) is 0. The van der Waals surface area contributed by atoms with Crippen LogP contribution in [0, 0.1) is 31.3 Å². The molecule has 0 saturated carbocycles. The molecule has 4 aromatic rings. The molecule has 5 rings (SSSR count). The van der Waals surface area contributed by atoms with E-state index in [2.05, 4.69) is 15.0 Å². The third-order valence-corrected chi connectivity index (χ3v) is 6.38. The summed E-state index contributed by atoms with van der Waals surface area (Å²) in [4.78, 5) is 27.7. The van der Waals surface area contributed by atoms with Crippen molar-refractivity contribution in [3.05, 3.63) is 70.9 Å². The third kappa shape index (κ3) is 3.65. The van der Waals surface area contributed by atoms with Gasteiger partial charge in [-0.2, -0.15) is 0 Å². The molecule has 1 aliphatic heterocycles. The smallest absolute Gasteiger partial charge is 0.325 e. The fraction of sp³-hybridized carbons (Fsp3) is 0.240. The fourth-order valence-corrected chi connectivity index (χ4v) is 4.82. The van der Waals surface area contributed by atoms with Gasteiger partial charge in [0, 0.05) is 40.7 Å². The number of aromatic nitrogens is 3. The maximum Gasteiger partial charge on any atom is 0.325 e. The average molecular weight is 480 g/mol. The first-order valence-electron chi connectivity index (χ1n) is 11.1. The van der Waals surface area contributed by atoms with E-state index in [1.54, 1.807) is 32.9 Å². The fourth-order valence-electron chi connectivity index (χ4n) is 4.82. The van der Waals surface area contributed by atoms with Crippen LogP contribution in [0.5, 0.6) is 0 Å². The normalized spacial score (nSPS) is 16.1. The number of nitrogen functional groups attached to an aromatic ring is 1. The highest BCUT2D eigenvalue weighted by Crippen LogP contribution is 2.39. The lowest BCUT2D eigenvalue weighted by atomic mass is 10.0. The van der Waals surface area contributed by atoms with Crippen molar-refractivity contribution >= 4 is 28.6 Å². The number of aryl methyl sites for hydroxylation is 2. The summed E-state index contributed by atoms with van der Waals surface area (Å²) in [6, 6.07) is 6.77. The van der Waals surface area contributed by atoms with Crippen molar-refractivity contribution in [3.8, 4) is 11.1 Å². The van der Waals surface area contributed by atoms with Crippen LogP contribution in [0.4, 0.5) is 29.5 Å². The number of H-pyrrole nitrogens is 1. The van der Waals surface area contributed by atoms with Crippen LogP contribution >= 0.6 is 0 Å². The van der Waals surface area contributed by atoms with Crippen LogP contribution in [0.3, 0.4) is 0 Å². The third-order valence-electron chi connectivity index (χ3n) is 6.38. The number of hydrogen-bond acceptors (Lipinski definition) is 4. The highest BCUT2D eigenvalue weighted by Gasteiger charge is 2.39. The van der Waals surface area contributed by atoms with Crippen molar-refractivity contribution in [2.45, 2.75) is 26.8 Å². The number of fused-ring (bicyclic) bond motifs is 1. The highest BCUT2D eigenvalue weighted by molar-refractivity contribution is 6.02. The topological polar surface area (TPSA) is 91.1 Å². The molecule has 35 heavy (non-hydrogen) atoms. The van der Waals surface area contributed by atoms with Crippen molar-refractivity contribution in [1.82, 2.24) is 19.9 Å². The number of hydrogen-bond donors (Lipinski definition) is 2. The second-order valence-corrected chi connectivity index (χ2v) is 8.53. The van der Waals surface area contributed by atoms with Crippen LogP contribution in [-0.4, -0.2) is 39.0 Å². The van der Waals surface area contributed by atoms with E-state index in [4.69, 9.17) is 5.73 Å². The Bertz CT molecular complexity index is 1480. The van der Waals surface area contributed by atoms with Crippen LogP contribution < -0.4 is 10.6 Å². The van der Waals surface area contributed by atoms with Crippen LogP contribution in [0.15, 0.2) is 36.4 Å². The largest absolute Gasteiger partial charge is 0.383 e. The number of likely N-dealkylation sites (N-methyl/N-ethyl adjacent to an activating group) is 1. The van der Waals surface area contributed by atoms with Crippen LogP contribution in [-0.2, 0) is 0 Å². The Morgan fingerprint density at radius 2 is 1.86 bits per heavy atom. The predicted molar refractivity (Wildman–Crippen MR) is 127 cm³/mol. The number of amides is 2. The molecule has 0 spiro atoms. The van der Waals surface area contributed by atoms with Crippen LogP contribution in [0.25, 0.3) is 22.2 Å². The Hall–Kier alpha value is -4.08. The van der Waals surface area contributed by atoms with Gasteiger partial charge in [-0.1, -0.05) is 6.07 Å². The molecule has 2 amide bonds. The van der Waals surface area contributed by atoms with E-state index < -0.39 is 23.5 Å². The van der Waals surface area contributed by atoms with Gasteiger partial charge in [-0.15, -0.1) is 0 Å². The molecule has 2 aromatic carbocycles. The second-order valence-electron chi connectivity index (χ2n) is 8.53. The van der Waals surface area contributed by atoms with E-state index in [0.717, 1.165) is 12.1 Å². The van der Waals surface area contributed by atoms with E-state index in [0.29, 0.717) is 40.3 Å². The molecule has 10 heteroatoms. The Balaban J connectivity index is 1.53. The zero-order chi connectivity index (χ0) is 25.0. The Morgan fingerprint density at radius 3 is 2.54 bits per heavy atom. The summed E-state index contributed by atoms with van der Waals surface area (Å²) in [5.41, 5.74) is 8.70. The van der Waals surface area contributed by atoms with E-state index >= 15 is 4.39 Å². The molecule has 180 valence electrons. The number of benzene rings is 2. The number of halogens is 3. The van der Waals surface area contributed by atoms with Gasteiger partial charge in [0.05, 0.1) is 18.0 Å². The molecule has 0 bridgehead atoms. The molecular formula is C25H23F3N6O. The highest BCUT2D eigenvalue weighted by atomic mass is 19.1. The van der Waals surface area contributed by atoms with E-state index in [1.165, 1.54) is 21.9 Å². The van der Waals surface area contributed by atoms with Crippen molar-refractivity contribution in [3.63, 3.8) is 0 Å². The number of carbonyl (C=O) groups excluding carboxylic acids is 1. The number of urea groups is 1. The van der Waals surface area contributed by atoms with Gasteiger partial charge < -0.3 is 15.6 Å². The lowest BCUT2D eigenvalue weighted by Crippen LogP contribution is -2.32. The predicted octanol–water partition coefficient (Wildman–Crippen LogP) is 5.24. The molecule has 1 fully saturated rings. The van der Waals surface area contributed by atoms with Gasteiger partial charge in [0.2, 0.25) is 0 Å². The molecule has 1 unspecified atom stereocenters. The molecular weight excluding hydrogens is 457 g/mol. The second kappa shape index (κ2) is 8.30. The van der Waals surface area contributed by atoms with Gasteiger partial charge in [-0.25, -0.2) is 27.9 Å². The van der Waals surface area contributed by atoms with Gasteiger partial charge >= 0.3 is 6.03 Å². The molecule has 0 radical (unpaired) electrons. The molecule has 3 N–H and O–H groups in total. The minimum atomic E-state index is -0.727. The zero-order valence-corrected chi connectivity index (χ0v) is 19.4. The lowest BCUT2D eigenvalue weighted by molar-refractivity contribution is 0.208. The monoisotopic (exact) mass is 480 g/mol. The van der Waals surface area contributed by atoms with Crippen LogP contribution in [0.2, 0.25) is 0 Å². The number of nitrogens with zero attached hydrogens (tertiary/aromatic N) is 4. The molecule has 7 nitrogen and oxygen atoms in total. The zero-order valence-electron chi connectivity index (χ0n) is 19.4. The van der Waals surface area contributed by atoms with Crippen molar-refractivity contribution in [1.29, 1.82) is 0 Å². The summed E-state index contributed by atoms with van der Waals surface area (Å²) in [7, 11) is 0. The maximum absolute atomic E-state index is 15.5. The Labute approximate surface area is 199 Å². The van der Waals surface area contributed by atoms with Crippen LogP contribution in [0.1, 0.15) is 30.0 Å². The number of anilines is 2. The Morgan fingerprint density at radius 1 is 1.09 bits per heavy atom. The maximum atomic E-state index is 15.5. The first-order valence-corrected chi connectivity index (χ1v) is 11.1. The lowest BCUT2D eigenvalue weighted by Gasteiger charge is -2.22. The molecule has 3 heterocycles. The first-order chi connectivity index (χ1) is 16.7. The van der Waals surface area contributed by atoms with E-state index in [1.807, 2.05) is 0 Å². The van der Waals surface area contributed by atoms with Gasteiger partial charge in [-0.05, 0) is 45.0 Å². The SMILES string of the molecule is CCN1C(=O)N(c2ccc(-c3c(C)[nH]c4nc(C)nc(N)c34)c(F)c2)CC1c1ccc(F)cc1F. The summed E-state index contributed by atoms with van der Waals surface area (Å²) in [5, 5.41) is 0.529. The number of rotatable bonds is 4. The van der Waals surface area contributed by atoms with Crippen molar-refractivity contribution in [2.24, 2.45) is 0 Å². The number of nitrogens with one attached hydrogen (secondary N) is 1. The van der Waals surface area contributed by atoms with Gasteiger partial charge in [-0.3, -0.25) is 4.90 Å². The van der Waals surface area contributed by atoms with Gasteiger partial charge in [0.25, 0.3) is 0 Å². The van der Waals surface area contributed by atoms with Gasteiger partial charge in [0.15, 0.2) is 0 Å². The van der Waals surface area contributed by atoms with E-state index in [9.17, 15) is 13.6 Å². The summed E-state index contributed by atoms with van der Waals surface area (Å²) >= 11 is 0. The quantitative estimate of drug-likeness (QED) is 0.418. The van der Waals surface area contributed by atoms with Gasteiger partial charge in [0.1, 0.15) is 34.7 Å². The molecule has 1 atom stereocenters. The molecule has 0 aliphatic carbocycles. The molecule has 1 saturated heterocycles. The number of nitrogens with two attached hydrogens (primary N) is 1. The van der Waals surface area contributed by atoms with Crippen molar-refractivity contribution in [2.75, 3.05) is 23.7 Å². The minimum absolute atomic E-state index is 0.0974. The van der Waals surface area contributed by atoms with Crippen molar-refractivity contribution < 1.29 is 18.0 Å². The standard InChI is InChI=1S/C25H23F3N6O/c1-4-33-20(16-7-5-14(26)9-18(16)27)11-34(25(33)35)15-6-8-17(19(28)10-15)21-12(2)30-24-22(21)23(29)31-13(3)32-24/h5-10,20H,4,11H2,1-3H3,(H3,29,30,31,32). The summed E-state index contributed by atoms with van der Waals surface area (Å²) in [5.74, 6) is -1.23. The number of carbonyl (C=O) groups is 1. The summed E-state index contributed by atoms with van der Waals surface area (Å²) in [6.45, 7) is 5.70. The number of aromatic amines is 1.